The molecule has 2 N–H and O–H groups in total. The maximum atomic E-state index is 13.4. The van der Waals surface area contributed by atoms with Crippen LogP contribution in [0.5, 0.6) is 5.75 Å². The van der Waals surface area contributed by atoms with E-state index in [0.29, 0.717) is 26.2 Å². The summed E-state index contributed by atoms with van der Waals surface area (Å²) in [5.74, 6) is -1.43. The van der Waals surface area contributed by atoms with E-state index < -0.39 is 17.7 Å². The second-order valence-corrected chi connectivity index (χ2v) is 11.4. The smallest absolute Gasteiger partial charge is 0.301 e. The third-order valence-electron chi connectivity index (χ3n) is 6.19. The minimum absolute atomic E-state index is 0.0342. The molecule has 4 aromatic rings. The molecular weight excluding hydrogens is 542 g/mol. The monoisotopic (exact) mass is 563 g/mol. The molecule has 5 rings (SSSR count). The summed E-state index contributed by atoms with van der Waals surface area (Å²) in [6.07, 6.45) is 0. The van der Waals surface area contributed by atoms with Gasteiger partial charge >= 0.3 is 5.91 Å². The van der Waals surface area contributed by atoms with Gasteiger partial charge in [-0.2, -0.15) is 0 Å². The Bertz CT molecular complexity index is 1600. The maximum Gasteiger partial charge on any atom is 0.301 e. The first-order chi connectivity index (χ1) is 18.2. The molecule has 1 amide bonds. The summed E-state index contributed by atoms with van der Waals surface area (Å²) >= 11 is 8.84. The Morgan fingerprint density at radius 1 is 1.05 bits per heavy atom. The fourth-order valence-electron chi connectivity index (χ4n) is 4.29. The number of anilines is 1. The lowest BCUT2D eigenvalue weighted by Gasteiger charge is -2.23. The fraction of sp³-hybridized carbons (Fsp3) is 0.143. The molecule has 1 saturated heterocycles. The van der Waals surface area contributed by atoms with Crippen LogP contribution in [-0.4, -0.2) is 32.1 Å². The molecule has 192 valence electrons. The summed E-state index contributed by atoms with van der Waals surface area (Å²) in [7, 11) is 0. The number of aromatic nitrogens is 2. The van der Waals surface area contributed by atoms with E-state index in [-0.39, 0.29) is 22.2 Å². The zero-order valence-corrected chi connectivity index (χ0v) is 22.8. The summed E-state index contributed by atoms with van der Waals surface area (Å²) in [5, 5.41) is 30.9. The van der Waals surface area contributed by atoms with Crippen molar-refractivity contribution in [3.05, 3.63) is 105 Å². The number of hydrogen-bond acceptors (Lipinski definition) is 8. The first-order valence-corrected chi connectivity index (χ1v) is 13.8. The number of thioether (sulfide) groups is 1. The number of aromatic hydroxyl groups is 1. The van der Waals surface area contributed by atoms with Gasteiger partial charge in [-0.25, -0.2) is 0 Å². The van der Waals surface area contributed by atoms with Gasteiger partial charge in [0.25, 0.3) is 5.78 Å². The number of rotatable bonds is 6. The summed E-state index contributed by atoms with van der Waals surface area (Å²) in [4.78, 5) is 28.0. The quantitative estimate of drug-likeness (QED) is 0.0915. The second-order valence-electron chi connectivity index (χ2n) is 8.81. The zero-order valence-electron chi connectivity index (χ0n) is 20.4. The Hall–Kier alpha value is -3.66. The van der Waals surface area contributed by atoms with Gasteiger partial charge in [0.1, 0.15) is 11.5 Å². The highest BCUT2D eigenvalue weighted by Gasteiger charge is 2.48. The number of amides is 1. The van der Waals surface area contributed by atoms with Crippen LogP contribution >= 0.6 is 34.7 Å². The van der Waals surface area contributed by atoms with Crippen molar-refractivity contribution in [2.75, 3.05) is 4.90 Å². The van der Waals surface area contributed by atoms with Crippen molar-refractivity contribution < 1.29 is 19.8 Å². The van der Waals surface area contributed by atoms with Gasteiger partial charge in [0.2, 0.25) is 5.13 Å². The lowest BCUT2D eigenvalue weighted by atomic mass is 9.93. The number of Topliss-reactive ketones (excluding diaryl/α,β-unsaturated/α-hetero) is 1. The first kappa shape index (κ1) is 26.0. The summed E-state index contributed by atoms with van der Waals surface area (Å²) in [6.45, 7) is 3.70. The Kier molecular flexibility index (Phi) is 7.25. The largest absolute Gasteiger partial charge is 0.508 e. The molecule has 1 aliphatic heterocycles. The van der Waals surface area contributed by atoms with E-state index in [4.69, 9.17) is 11.6 Å². The number of aliphatic hydroxyl groups is 1. The van der Waals surface area contributed by atoms with E-state index in [1.54, 1.807) is 18.2 Å². The number of phenolic OH excluding ortho intramolecular Hbond substituents is 1. The minimum atomic E-state index is -1.00. The second kappa shape index (κ2) is 10.6. The standard InChI is InChI=1S/C28H22ClN3O4S2/c1-15-10-11-16(2)20(12-15)24(34)22-23(17-7-5-8-19(33)13-17)32(26(36)25(22)35)27-30-31-28(38-27)37-14-18-6-3-4-9-21(18)29/h3-13,23,33-34H,14H2,1-2H3/b24-22+. The Labute approximate surface area is 232 Å². The number of phenols is 1. The molecule has 0 saturated carbocycles. The summed E-state index contributed by atoms with van der Waals surface area (Å²) < 4.78 is 0.589. The normalized spacial score (nSPS) is 16.8. The van der Waals surface area contributed by atoms with Crippen LogP contribution < -0.4 is 4.90 Å². The van der Waals surface area contributed by atoms with Crippen molar-refractivity contribution >= 4 is 57.3 Å². The molecule has 38 heavy (non-hydrogen) atoms. The average Bonchev–Trinajstić information content (AvgIpc) is 3.46. The van der Waals surface area contributed by atoms with Crippen LogP contribution in [0.4, 0.5) is 5.13 Å². The molecular formula is C28H22ClN3O4S2. The van der Waals surface area contributed by atoms with Crippen molar-refractivity contribution in [1.29, 1.82) is 0 Å². The lowest BCUT2D eigenvalue weighted by Crippen LogP contribution is -2.29. The average molecular weight is 564 g/mol. The predicted molar refractivity (Wildman–Crippen MR) is 150 cm³/mol. The topological polar surface area (TPSA) is 104 Å². The molecule has 1 unspecified atom stereocenters. The van der Waals surface area contributed by atoms with E-state index in [1.807, 2.05) is 50.2 Å². The van der Waals surface area contributed by atoms with Gasteiger partial charge in [0.05, 0.1) is 11.6 Å². The number of carbonyl (C=O) groups excluding carboxylic acids is 2. The third-order valence-corrected chi connectivity index (χ3v) is 8.66. The highest BCUT2D eigenvalue weighted by atomic mass is 35.5. The number of nitrogens with zero attached hydrogens (tertiary/aromatic N) is 3. The molecule has 1 aromatic heterocycles. The first-order valence-electron chi connectivity index (χ1n) is 11.6. The number of halogens is 1. The van der Waals surface area contributed by atoms with Crippen molar-refractivity contribution in [3.63, 3.8) is 0 Å². The van der Waals surface area contributed by atoms with Crippen LogP contribution in [0.15, 0.2) is 76.6 Å². The molecule has 1 atom stereocenters. The summed E-state index contributed by atoms with van der Waals surface area (Å²) in [6, 6.07) is 18.3. The van der Waals surface area contributed by atoms with E-state index >= 15 is 0 Å². The van der Waals surface area contributed by atoms with Crippen molar-refractivity contribution in [3.8, 4) is 5.75 Å². The summed E-state index contributed by atoms with van der Waals surface area (Å²) in [5.41, 5.74) is 3.42. The molecule has 2 heterocycles. The van der Waals surface area contributed by atoms with E-state index in [2.05, 4.69) is 10.2 Å². The molecule has 10 heteroatoms. The fourth-order valence-corrected chi connectivity index (χ4v) is 6.44. The minimum Gasteiger partial charge on any atom is -0.508 e. The van der Waals surface area contributed by atoms with Crippen molar-refractivity contribution in [1.82, 2.24) is 10.2 Å². The number of benzene rings is 3. The van der Waals surface area contributed by atoms with Gasteiger partial charge in [-0.05, 0) is 54.8 Å². The number of aryl methyl sites for hydroxylation is 2. The number of ketones is 1. The van der Waals surface area contributed by atoms with Crippen molar-refractivity contribution in [2.24, 2.45) is 0 Å². The van der Waals surface area contributed by atoms with Gasteiger partial charge < -0.3 is 10.2 Å². The highest BCUT2D eigenvalue weighted by molar-refractivity contribution is 8.00. The number of aliphatic hydroxyl groups excluding tert-OH is 1. The molecule has 0 bridgehead atoms. The predicted octanol–water partition coefficient (Wildman–Crippen LogP) is 6.43. The van der Waals surface area contributed by atoms with E-state index in [9.17, 15) is 19.8 Å². The van der Waals surface area contributed by atoms with Crippen LogP contribution in [0.3, 0.4) is 0 Å². The van der Waals surface area contributed by atoms with Crippen LogP contribution in [0.2, 0.25) is 5.02 Å². The SMILES string of the molecule is Cc1ccc(C)c(/C(O)=C2\C(=O)C(=O)N(c3nnc(SCc4ccccc4Cl)s3)C2c2cccc(O)c2)c1. The van der Waals surface area contributed by atoms with Gasteiger partial charge in [0.15, 0.2) is 4.34 Å². The Morgan fingerprint density at radius 3 is 2.61 bits per heavy atom. The molecule has 7 nitrogen and oxygen atoms in total. The van der Waals surface area contributed by atoms with Crippen LogP contribution in [0.1, 0.15) is 33.9 Å². The zero-order chi connectivity index (χ0) is 27.0. The Morgan fingerprint density at radius 2 is 1.84 bits per heavy atom. The van der Waals surface area contributed by atoms with E-state index in [1.165, 1.54) is 28.8 Å². The van der Waals surface area contributed by atoms with Crippen LogP contribution in [-0.2, 0) is 15.3 Å². The molecule has 3 aromatic carbocycles. The van der Waals surface area contributed by atoms with Gasteiger partial charge in [-0.15, -0.1) is 10.2 Å². The molecule has 0 spiro atoms. The Balaban J connectivity index is 1.58. The van der Waals surface area contributed by atoms with Crippen LogP contribution in [0, 0.1) is 13.8 Å². The number of hydrogen-bond donors (Lipinski definition) is 2. The van der Waals surface area contributed by atoms with Crippen LogP contribution in [0.25, 0.3) is 5.76 Å². The van der Waals surface area contributed by atoms with Gasteiger partial charge in [-0.1, -0.05) is 82.7 Å². The molecule has 0 aliphatic carbocycles. The third kappa shape index (κ3) is 4.92. The molecule has 1 aliphatic rings. The maximum absolute atomic E-state index is 13.4. The molecule has 0 radical (unpaired) electrons. The number of carbonyl (C=O) groups is 2. The lowest BCUT2D eigenvalue weighted by molar-refractivity contribution is -0.132. The molecule has 1 fully saturated rings. The van der Waals surface area contributed by atoms with Crippen molar-refractivity contribution in [2.45, 2.75) is 30.0 Å². The van der Waals surface area contributed by atoms with Gasteiger partial charge in [0, 0.05) is 16.3 Å². The van der Waals surface area contributed by atoms with Gasteiger partial charge in [-0.3, -0.25) is 14.5 Å². The highest BCUT2D eigenvalue weighted by Crippen LogP contribution is 2.45. The van der Waals surface area contributed by atoms with E-state index in [0.717, 1.165) is 28.0 Å².